The van der Waals surface area contributed by atoms with E-state index >= 15 is 0 Å². The van der Waals surface area contributed by atoms with Gasteiger partial charge in [-0.1, -0.05) is 40.9 Å². The molecule has 1 aromatic heterocycles. The summed E-state index contributed by atoms with van der Waals surface area (Å²) in [6.45, 7) is -0.463. The van der Waals surface area contributed by atoms with Crippen molar-refractivity contribution in [2.24, 2.45) is 4.99 Å². The monoisotopic (exact) mass is 459 g/mol. The van der Waals surface area contributed by atoms with Gasteiger partial charge in [-0.3, -0.25) is 4.99 Å². The first-order valence-corrected chi connectivity index (χ1v) is 9.43. The zero-order valence-electron chi connectivity index (χ0n) is 14.5. The summed E-state index contributed by atoms with van der Waals surface area (Å²) < 4.78 is 43.9. The summed E-state index contributed by atoms with van der Waals surface area (Å²) in [4.78, 5) is 4.20. The van der Waals surface area contributed by atoms with E-state index in [2.05, 4.69) is 20.5 Å². The molecule has 0 spiro atoms. The molecule has 1 atom stereocenters. The number of nitrogens with zero attached hydrogens (tertiary/aromatic N) is 5. The van der Waals surface area contributed by atoms with Crippen LogP contribution >= 0.6 is 34.8 Å². The maximum Gasteiger partial charge on any atom is 0.400 e. The van der Waals surface area contributed by atoms with Crippen LogP contribution in [0.5, 0.6) is 0 Å². The van der Waals surface area contributed by atoms with Gasteiger partial charge >= 0.3 is 6.18 Å². The lowest BCUT2D eigenvalue weighted by atomic mass is 9.76. The highest BCUT2D eigenvalue weighted by molar-refractivity contribution is 6.34. The van der Waals surface area contributed by atoms with Crippen molar-refractivity contribution in [2.75, 3.05) is 6.54 Å². The Kier molecular flexibility index (Phi) is 5.04. The van der Waals surface area contributed by atoms with Gasteiger partial charge in [0.15, 0.2) is 0 Å². The van der Waals surface area contributed by atoms with Crippen LogP contribution in [0.15, 0.2) is 47.7 Å². The maximum absolute atomic E-state index is 14.2. The van der Waals surface area contributed by atoms with Gasteiger partial charge in [0.2, 0.25) is 0 Å². The summed E-state index contributed by atoms with van der Waals surface area (Å²) in [6.07, 6.45) is -3.54. The number of tetrazole rings is 1. The van der Waals surface area contributed by atoms with Crippen molar-refractivity contribution in [3.63, 3.8) is 0 Å². The molecular formula is C18H11Cl3F3N5. The topological polar surface area (TPSA) is 56.0 Å². The van der Waals surface area contributed by atoms with Gasteiger partial charge in [0.05, 0.1) is 17.3 Å². The highest BCUT2D eigenvalue weighted by Crippen LogP contribution is 2.49. The lowest BCUT2D eigenvalue weighted by molar-refractivity contribution is -0.183. The highest BCUT2D eigenvalue weighted by atomic mass is 35.5. The predicted octanol–water partition coefficient (Wildman–Crippen LogP) is 5.32. The van der Waals surface area contributed by atoms with Crippen molar-refractivity contribution in [3.8, 4) is 5.69 Å². The first kappa shape index (κ1) is 20.1. The van der Waals surface area contributed by atoms with Crippen LogP contribution in [0, 0.1) is 0 Å². The molecule has 4 rings (SSSR count). The smallest absolute Gasteiger partial charge is 0.288 e. The van der Waals surface area contributed by atoms with Crippen LogP contribution < -0.4 is 0 Å². The molecule has 2 aromatic carbocycles. The second-order valence-corrected chi connectivity index (χ2v) is 7.88. The normalized spacial score (nSPS) is 19.4. The van der Waals surface area contributed by atoms with Crippen molar-refractivity contribution in [2.45, 2.75) is 18.0 Å². The molecule has 0 radical (unpaired) electrons. The number of hydrogen-bond acceptors (Lipinski definition) is 4. The van der Waals surface area contributed by atoms with Crippen LogP contribution in [0.25, 0.3) is 5.69 Å². The Balaban J connectivity index is 1.71. The zero-order valence-corrected chi connectivity index (χ0v) is 16.7. The minimum Gasteiger partial charge on any atom is -0.288 e. The fourth-order valence-electron chi connectivity index (χ4n) is 3.34. The molecule has 0 saturated carbocycles. The SMILES string of the molecule is FC(F)(F)C1(c2cc(Cl)cc(Cl)c2)CN=C(c2ccc(-n3cnnn3)c(Cl)c2)C1. The van der Waals surface area contributed by atoms with Gasteiger partial charge < -0.3 is 0 Å². The second-order valence-electron chi connectivity index (χ2n) is 6.60. The van der Waals surface area contributed by atoms with Gasteiger partial charge in [0, 0.05) is 22.2 Å². The summed E-state index contributed by atoms with van der Waals surface area (Å²) in [7, 11) is 0. The number of aliphatic imine (C=N–C) groups is 1. The molecular weight excluding hydrogens is 450 g/mol. The lowest BCUT2D eigenvalue weighted by Crippen LogP contribution is -2.43. The van der Waals surface area contributed by atoms with Gasteiger partial charge in [-0.15, -0.1) is 5.10 Å². The van der Waals surface area contributed by atoms with E-state index in [4.69, 9.17) is 34.8 Å². The van der Waals surface area contributed by atoms with Gasteiger partial charge in [-0.2, -0.15) is 17.9 Å². The molecule has 0 fully saturated rings. The average Bonchev–Trinajstić information content (AvgIpc) is 3.31. The van der Waals surface area contributed by atoms with Crippen molar-refractivity contribution in [3.05, 3.63) is 68.9 Å². The molecule has 29 heavy (non-hydrogen) atoms. The van der Waals surface area contributed by atoms with Crippen molar-refractivity contribution in [1.82, 2.24) is 20.2 Å². The largest absolute Gasteiger partial charge is 0.400 e. The van der Waals surface area contributed by atoms with Crippen molar-refractivity contribution >= 4 is 40.5 Å². The van der Waals surface area contributed by atoms with E-state index in [1.165, 1.54) is 29.2 Å². The molecule has 1 aliphatic rings. The molecule has 150 valence electrons. The first-order chi connectivity index (χ1) is 13.7. The van der Waals surface area contributed by atoms with Gasteiger partial charge in [0.25, 0.3) is 0 Å². The third-order valence-electron chi connectivity index (χ3n) is 4.84. The number of halogens is 6. The number of alkyl halides is 3. The summed E-state index contributed by atoms with van der Waals surface area (Å²) in [5.74, 6) is 0. The van der Waals surface area contributed by atoms with Crippen LogP contribution in [-0.2, 0) is 5.41 Å². The fraction of sp³-hybridized carbons (Fsp3) is 0.222. The van der Waals surface area contributed by atoms with Crippen LogP contribution in [0.1, 0.15) is 17.5 Å². The minimum absolute atomic E-state index is 0.0161. The van der Waals surface area contributed by atoms with Gasteiger partial charge in [0.1, 0.15) is 11.7 Å². The Morgan fingerprint density at radius 1 is 1.00 bits per heavy atom. The van der Waals surface area contributed by atoms with Crippen molar-refractivity contribution < 1.29 is 13.2 Å². The molecule has 11 heteroatoms. The lowest BCUT2D eigenvalue weighted by Gasteiger charge is -2.31. The van der Waals surface area contributed by atoms with E-state index in [1.807, 2.05) is 0 Å². The molecule has 0 saturated heterocycles. The second kappa shape index (κ2) is 7.27. The van der Waals surface area contributed by atoms with Gasteiger partial charge in [-0.25, -0.2) is 0 Å². The van der Waals surface area contributed by atoms with E-state index < -0.39 is 18.1 Å². The Bertz CT molecular complexity index is 1080. The third-order valence-corrected chi connectivity index (χ3v) is 5.58. The molecule has 3 aromatic rings. The summed E-state index contributed by atoms with van der Waals surface area (Å²) >= 11 is 18.2. The van der Waals surface area contributed by atoms with E-state index in [0.717, 1.165) is 0 Å². The molecule has 0 aliphatic carbocycles. The Morgan fingerprint density at radius 3 is 2.31 bits per heavy atom. The van der Waals surface area contributed by atoms with Crippen LogP contribution in [0.2, 0.25) is 15.1 Å². The number of hydrogen-bond donors (Lipinski definition) is 0. The van der Waals surface area contributed by atoms with E-state index in [-0.39, 0.29) is 27.1 Å². The standard InChI is InChI=1S/C18H11Cl3F3N5/c19-12-4-11(5-13(20)6-12)17(18(22,23)24)7-15(25-8-17)10-1-2-16(14(21)3-10)29-9-26-27-28-29/h1-6,9H,7-8H2. The van der Waals surface area contributed by atoms with Crippen molar-refractivity contribution in [1.29, 1.82) is 0 Å². The summed E-state index contributed by atoms with van der Waals surface area (Å²) in [5, 5.41) is 11.4. The molecule has 5 nitrogen and oxygen atoms in total. The zero-order chi connectivity index (χ0) is 20.8. The molecule has 2 heterocycles. The number of benzene rings is 2. The Morgan fingerprint density at radius 2 is 1.72 bits per heavy atom. The minimum atomic E-state index is -4.55. The van der Waals surface area contributed by atoms with E-state index in [9.17, 15) is 13.2 Å². The average molecular weight is 461 g/mol. The van der Waals surface area contributed by atoms with Crippen LogP contribution in [0.4, 0.5) is 13.2 Å². The Labute approximate surface area is 178 Å². The van der Waals surface area contributed by atoms with E-state index in [1.54, 1.807) is 18.2 Å². The molecule has 0 bridgehead atoms. The highest BCUT2D eigenvalue weighted by Gasteiger charge is 2.58. The fourth-order valence-corrected chi connectivity index (χ4v) is 4.14. The van der Waals surface area contributed by atoms with E-state index in [0.29, 0.717) is 17.0 Å². The van der Waals surface area contributed by atoms with Crippen LogP contribution in [0.3, 0.4) is 0 Å². The number of aromatic nitrogens is 4. The molecule has 0 N–H and O–H groups in total. The summed E-state index contributed by atoms with van der Waals surface area (Å²) in [5.41, 5.74) is -0.937. The van der Waals surface area contributed by atoms with Crippen LogP contribution in [-0.4, -0.2) is 38.6 Å². The predicted molar refractivity (Wildman–Crippen MR) is 104 cm³/mol. The first-order valence-electron chi connectivity index (χ1n) is 8.29. The maximum atomic E-state index is 14.2. The summed E-state index contributed by atoms with van der Waals surface area (Å²) in [6, 6.07) is 8.78. The molecule has 1 unspecified atom stereocenters. The Hall–Kier alpha value is -2.16. The molecule has 1 aliphatic heterocycles. The molecule has 0 amide bonds. The van der Waals surface area contributed by atoms with Gasteiger partial charge in [-0.05, 0) is 51.9 Å². The number of rotatable bonds is 3. The third kappa shape index (κ3) is 3.60. The quantitative estimate of drug-likeness (QED) is 0.532.